The number of fused-ring (bicyclic) bond motifs is 6. The van der Waals surface area contributed by atoms with E-state index in [1.165, 1.54) is 6.07 Å². The van der Waals surface area contributed by atoms with Gasteiger partial charge in [0, 0.05) is 38.6 Å². The lowest BCUT2D eigenvalue weighted by Crippen LogP contribution is -2.12. The Morgan fingerprint density at radius 3 is 1.34 bits per heavy atom. The van der Waals surface area contributed by atoms with Crippen LogP contribution in [-0.4, -0.2) is 24.1 Å². The van der Waals surface area contributed by atoms with Crippen LogP contribution in [0.3, 0.4) is 0 Å². The largest absolute Gasteiger partial charge is 0.417 e. The van der Waals surface area contributed by atoms with Crippen LogP contribution in [0.4, 0.5) is 24.5 Å². The second-order valence-electron chi connectivity index (χ2n) is 15.9. The van der Waals surface area contributed by atoms with Crippen molar-refractivity contribution in [1.82, 2.24) is 24.1 Å². The van der Waals surface area contributed by atoms with E-state index < -0.39 is 11.7 Å². The van der Waals surface area contributed by atoms with Gasteiger partial charge >= 0.3 is 6.18 Å². The average molecular weight is 884 g/mol. The van der Waals surface area contributed by atoms with Crippen LogP contribution >= 0.6 is 0 Å². The maximum Gasteiger partial charge on any atom is 0.417 e. The van der Waals surface area contributed by atoms with E-state index in [4.69, 9.17) is 28.1 Å². The maximum absolute atomic E-state index is 16.2. The molecule has 0 N–H and O–H groups in total. The lowest BCUT2D eigenvalue weighted by molar-refractivity contribution is -0.137. The number of nitrogens with zero attached hydrogens (tertiary/aromatic N) is 9. The number of benzene rings is 8. The van der Waals surface area contributed by atoms with Crippen LogP contribution in [0.25, 0.3) is 110 Å². The van der Waals surface area contributed by atoms with Gasteiger partial charge in [0.1, 0.15) is 0 Å². The second-order valence-corrected chi connectivity index (χ2v) is 15.9. The Labute approximate surface area is 385 Å². The molecule has 0 aliphatic heterocycles. The highest BCUT2D eigenvalue weighted by Crippen LogP contribution is 2.49. The van der Waals surface area contributed by atoms with E-state index in [1.54, 1.807) is 102 Å². The normalized spacial score (nSPS) is 11.4. The number of aromatic nitrogens is 5. The summed E-state index contributed by atoms with van der Waals surface area (Å²) in [7, 11) is 0. The Bertz CT molecular complexity index is 3870. The summed E-state index contributed by atoms with van der Waals surface area (Å²) in [5.41, 5.74) is 4.55. The molecular formula is C56H28F3N9. The molecule has 3 heterocycles. The summed E-state index contributed by atoms with van der Waals surface area (Å²) in [5, 5.41) is 22.4. The molecule has 0 aliphatic carbocycles. The van der Waals surface area contributed by atoms with Crippen molar-refractivity contribution in [3.8, 4) is 68.8 Å². The molecule has 0 unspecified atom stereocenters. The molecule has 3 aromatic heterocycles. The molecule has 0 bridgehead atoms. The minimum atomic E-state index is -4.92. The highest BCUT2D eigenvalue weighted by Gasteiger charge is 2.38. The summed E-state index contributed by atoms with van der Waals surface area (Å²) >= 11 is 0. The summed E-state index contributed by atoms with van der Waals surface area (Å²) in [6.45, 7) is 15.6. The van der Waals surface area contributed by atoms with E-state index in [0.29, 0.717) is 94.6 Å². The van der Waals surface area contributed by atoms with Crippen molar-refractivity contribution in [3.63, 3.8) is 0 Å². The molecule has 0 radical (unpaired) electrons. The van der Waals surface area contributed by atoms with Gasteiger partial charge in [0.15, 0.2) is 28.8 Å². The van der Waals surface area contributed by atoms with E-state index in [2.05, 4.69) is 21.8 Å². The van der Waals surface area contributed by atoms with Gasteiger partial charge in [0.05, 0.1) is 75.4 Å². The van der Waals surface area contributed by atoms with Gasteiger partial charge in [-0.3, -0.25) is 0 Å². The number of nitriles is 2. The van der Waals surface area contributed by atoms with Gasteiger partial charge in [-0.25, -0.2) is 24.6 Å². The van der Waals surface area contributed by atoms with Crippen LogP contribution in [0.1, 0.15) is 16.7 Å². The molecule has 0 atom stereocenters. The molecule has 0 saturated carbocycles. The predicted octanol–water partition coefficient (Wildman–Crippen LogP) is 14.6. The molecule has 11 aromatic rings. The number of halogens is 3. The fourth-order valence-electron chi connectivity index (χ4n) is 9.15. The summed E-state index contributed by atoms with van der Waals surface area (Å²) in [6.07, 6.45) is -4.92. The standard InChI is InChI=1S/C56H28F3N9/c1-62-37-21-25-47-42(29-37)43-30-38(63-2)22-26-48(43)68(47)50-18-10-16-44(56(57,58)59)52(50)51-39(55-65-53(35-11-5-3-6-12-35)64-54(66-55)36-13-7-4-8-14-36)15-9-17-49(51)67-45-23-19-33(31-60)27-40(45)41-28-34(32-61)20-24-46(41)67/h3-30H. The van der Waals surface area contributed by atoms with E-state index in [-0.39, 0.29) is 28.2 Å². The molecule has 0 saturated heterocycles. The van der Waals surface area contributed by atoms with E-state index >= 15 is 13.2 Å². The van der Waals surface area contributed by atoms with Crippen LogP contribution in [0.2, 0.25) is 0 Å². The van der Waals surface area contributed by atoms with Gasteiger partial charge in [-0.05, 0) is 89.6 Å². The quantitative estimate of drug-likeness (QED) is 0.155. The van der Waals surface area contributed by atoms with Crippen LogP contribution in [0, 0.1) is 35.8 Å². The molecule has 8 aromatic carbocycles. The van der Waals surface area contributed by atoms with Crippen LogP contribution < -0.4 is 0 Å². The number of alkyl halides is 3. The average Bonchev–Trinajstić information content (AvgIpc) is 3.89. The first-order chi connectivity index (χ1) is 33.2. The highest BCUT2D eigenvalue weighted by molar-refractivity contribution is 6.13. The molecule has 12 heteroatoms. The number of hydrogen-bond acceptors (Lipinski definition) is 5. The van der Waals surface area contributed by atoms with Gasteiger partial charge < -0.3 is 9.13 Å². The lowest BCUT2D eigenvalue weighted by Gasteiger charge is -2.24. The summed E-state index contributed by atoms with van der Waals surface area (Å²) in [6, 6.07) is 52.5. The van der Waals surface area contributed by atoms with Gasteiger partial charge in [-0.2, -0.15) is 23.7 Å². The Hall–Kier alpha value is -9.88. The minimum Gasteiger partial charge on any atom is -0.309 e. The zero-order chi connectivity index (χ0) is 46.7. The number of rotatable bonds is 6. The minimum absolute atomic E-state index is 0.0994. The fourth-order valence-corrected chi connectivity index (χ4v) is 9.15. The number of hydrogen-bond donors (Lipinski definition) is 0. The fraction of sp³-hybridized carbons (Fsp3) is 0.0179. The van der Waals surface area contributed by atoms with Crippen LogP contribution in [-0.2, 0) is 6.18 Å². The molecular weight excluding hydrogens is 856 g/mol. The summed E-state index contributed by atoms with van der Waals surface area (Å²) < 4.78 is 52.4. The molecule has 9 nitrogen and oxygen atoms in total. The molecule has 0 spiro atoms. The molecule has 68 heavy (non-hydrogen) atoms. The highest BCUT2D eigenvalue weighted by atomic mass is 19.4. The van der Waals surface area contributed by atoms with Gasteiger partial charge in [-0.15, -0.1) is 0 Å². The lowest BCUT2D eigenvalue weighted by atomic mass is 9.90. The van der Waals surface area contributed by atoms with Gasteiger partial charge in [0.2, 0.25) is 0 Å². The van der Waals surface area contributed by atoms with Crippen molar-refractivity contribution in [3.05, 3.63) is 209 Å². The Morgan fingerprint density at radius 1 is 0.456 bits per heavy atom. The van der Waals surface area contributed by atoms with Gasteiger partial charge in [0.25, 0.3) is 0 Å². The Balaban J connectivity index is 1.35. The van der Waals surface area contributed by atoms with Crippen molar-refractivity contribution >= 4 is 55.0 Å². The third-order valence-electron chi connectivity index (χ3n) is 12.1. The topological polar surface area (TPSA) is 105 Å². The zero-order valence-electron chi connectivity index (χ0n) is 35.3. The first-order valence-electron chi connectivity index (χ1n) is 21.1. The SMILES string of the molecule is [C-]#[N+]c1ccc2c(c1)c1cc([N+]#[C-])ccc1n2-c1cccc(C(F)(F)F)c1-c1c(-c2nc(-c3ccccc3)nc(-c3ccccc3)n2)cccc1-n1c2ccc(C#N)cc2c2cc(C#N)ccc21. The van der Waals surface area contributed by atoms with Gasteiger partial charge in [-0.1, -0.05) is 91.0 Å². The molecule has 0 aliphatic rings. The van der Waals surface area contributed by atoms with Crippen molar-refractivity contribution in [2.75, 3.05) is 0 Å². The second kappa shape index (κ2) is 16.0. The molecule has 0 fully saturated rings. The van der Waals surface area contributed by atoms with E-state index in [1.807, 2.05) is 65.2 Å². The van der Waals surface area contributed by atoms with E-state index in [0.717, 1.165) is 6.07 Å². The Kier molecular flexibility index (Phi) is 9.60. The Morgan fingerprint density at radius 2 is 0.882 bits per heavy atom. The summed E-state index contributed by atoms with van der Waals surface area (Å²) in [5.74, 6) is 0.699. The van der Waals surface area contributed by atoms with E-state index in [9.17, 15) is 10.5 Å². The summed E-state index contributed by atoms with van der Waals surface area (Å²) in [4.78, 5) is 22.3. The molecule has 0 amide bonds. The van der Waals surface area contributed by atoms with Crippen LogP contribution in [0.15, 0.2) is 170 Å². The van der Waals surface area contributed by atoms with Crippen molar-refractivity contribution in [2.45, 2.75) is 6.18 Å². The first kappa shape index (κ1) is 40.9. The maximum atomic E-state index is 16.2. The molecule has 11 rings (SSSR count). The van der Waals surface area contributed by atoms with Crippen molar-refractivity contribution < 1.29 is 13.2 Å². The third kappa shape index (κ3) is 6.65. The van der Waals surface area contributed by atoms with Crippen molar-refractivity contribution in [1.29, 1.82) is 10.5 Å². The molecule has 318 valence electrons. The predicted molar refractivity (Wildman–Crippen MR) is 257 cm³/mol. The van der Waals surface area contributed by atoms with Crippen molar-refractivity contribution in [2.24, 2.45) is 0 Å². The smallest absolute Gasteiger partial charge is 0.309 e. The third-order valence-corrected chi connectivity index (χ3v) is 12.1. The zero-order valence-corrected chi connectivity index (χ0v) is 35.3. The first-order valence-corrected chi connectivity index (χ1v) is 21.1. The monoisotopic (exact) mass is 883 g/mol. The van der Waals surface area contributed by atoms with Crippen LogP contribution in [0.5, 0.6) is 0 Å².